The zero-order valence-electron chi connectivity index (χ0n) is 23.4. The lowest BCUT2D eigenvalue weighted by Crippen LogP contribution is -2.26. The van der Waals surface area contributed by atoms with E-state index in [9.17, 15) is 4.79 Å². The molecule has 1 heteroatoms. The Kier molecular flexibility index (Phi) is 29.2. The van der Waals surface area contributed by atoms with Gasteiger partial charge in [-0.15, -0.1) is 0 Å². The first-order valence-electron chi connectivity index (χ1n) is 12.5. The molecular formula is C29H58O. The molecule has 0 N–H and O–H groups in total. The van der Waals surface area contributed by atoms with Gasteiger partial charge in [-0.05, 0) is 26.2 Å². The second-order valence-electron chi connectivity index (χ2n) is 8.97. The van der Waals surface area contributed by atoms with Crippen molar-refractivity contribution in [2.45, 2.75) is 129 Å². The van der Waals surface area contributed by atoms with Crippen LogP contribution in [0.1, 0.15) is 126 Å². The van der Waals surface area contributed by atoms with Crippen molar-refractivity contribution < 1.29 is 4.79 Å². The smallest absolute Gasteiger partial charge is 0.140 e. The van der Waals surface area contributed by atoms with Crippen molar-refractivity contribution in [3.63, 3.8) is 0 Å². The summed E-state index contributed by atoms with van der Waals surface area (Å²) in [5, 5.41) is 0. The minimum Gasteiger partial charge on any atom is -0.299 e. The summed E-state index contributed by atoms with van der Waals surface area (Å²) >= 11 is 0. The highest BCUT2D eigenvalue weighted by Crippen LogP contribution is 2.21. The third kappa shape index (κ3) is 26.9. The summed E-state index contributed by atoms with van der Waals surface area (Å²) in [4.78, 5) is 11.4. The SMILES string of the molecule is CC.CC.CCC(C)C(=O)C(C)(C)C.CCCCCC(C)C.Cc1cccc(C)c1. The molecule has 0 heterocycles. The summed E-state index contributed by atoms with van der Waals surface area (Å²) in [6, 6.07) is 8.45. The van der Waals surface area contributed by atoms with Crippen molar-refractivity contribution in [1.29, 1.82) is 0 Å². The highest BCUT2D eigenvalue weighted by molar-refractivity contribution is 5.85. The maximum Gasteiger partial charge on any atom is 0.140 e. The maximum atomic E-state index is 11.4. The van der Waals surface area contributed by atoms with Crippen molar-refractivity contribution in [3.8, 4) is 0 Å². The molecule has 0 radical (unpaired) electrons. The number of hydrogen-bond donors (Lipinski definition) is 0. The Bertz CT molecular complexity index is 448. The second kappa shape index (κ2) is 24.2. The van der Waals surface area contributed by atoms with Gasteiger partial charge in [0.25, 0.3) is 0 Å². The van der Waals surface area contributed by atoms with Crippen LogP contribution in [-0.2, 0) is 4.79 Å². The first-order chi connectivity index (χ1) is 13.9. The number of carbonyl (C=O) groups is 1. The fourth-order valence-electron chi connectivity index (χ4n) is 2.53. The van der Waals surface area contributed by atoms with E-state index < -0.39 is 0 Å². The van der Waals surface area contributed by atoms with Crippen molar-refractivity contribution in [1.82, 2.24) is 0 Å². The summed E-state index contributed by atoms with van der Waals surface area (Å²) in [7, 11) is 0. The predicted molar refractivity (Wildman–Crippen MR) is 142 cm³/mol. The molecule has 1 aromatic carbocycles. The molecule has 0 aliphatic heterocycles. The summed E-state index contributed by atoms with van der Waals surface area (Å²) in [6.07, 6.45) is 6.56. The van der Waals surface area contributed by atoms with Crippen LogP contribution in [0.15, 0.2) is 24.3 Å². The van der Waals surface area contributed by atoms with Gasteiger partial charge in [0, 0.05) is 11.3 Å². The molecule has 0 aliphatic rings. The number of ketones is 1. The van der Waals surface area contributed by atoms with E-state index in [2.05, 4.69) is 58.9 Å². The Morgan fingerprint density at radius 3 is 1.50 bits per heavy atom. The minimum atomic E-state index is -0.157. The molecule has 30 heavy (non-hydrogen) atoms. The van der Waals surface area contributed by atoms with E-state index >= 15 is 0 Å². The molecule has 0 fully saturated rings. The summed E-state index contributed by atoms with van der Waals surface area (Å²) in [5.41, 5.74) is 2.52. The van der Waals surface area contributed by atoms with Crippen molar-refractivity contribution >= 4 is 5.78 Å². The summed E-state index contributed by atoms with van der Waals surface area (Å²) in [6.45, 7) is 29.0. The average molecular weight is 423 g/mol. The molecule has 0 aromatic heterocycles. The van der Waals surface area contributed by atoms with Crippen LogP contribution in [-0.4, -0.2) is 5.78 Å². The molecule has 1 nitrogen and oxygen atoms in total. The van der Waals surface area contributed by atoms with Gasteiger partial charge in [0.1, 0.15) is 5.78 Å². The highest BCUT2D eigenvalue weighted by atomic mass is 16.1. The fourth-order valence-corrected chi connectivity index (χ4v) is 2.53. The molecule has 1 aromatic rings. The Hall–Kier alpha value is -1.11. The fraction of sp³-hybridized carbons (Fsp3) is 0.759. The zero-order chi connectivity index (χ0) is 24.8. The number of hydrogen-bond acceptors (Lipinski definition) is 1. The van der Waals surface area contributed by atoms with Crippen LogP contribution < -0.4 is 0 Å². The third-order valence-electron chi connectivity index (χ3n) is 4.36. The number of Topliss-reactive ketones (excluding diaryl/α,β-unsaturated/α-hetero) is 1. The van der Waals surface area contributed by atoms with Crippen LogP contribution in [0, 0.1) is 31.1 Å². The van der Waals surface area contributed by atoms with Crippen LogP contribution in [0.4, 0.5) is 0 Å². The van der Waals surface area contributed by atoms with E-state index in [1.807, 2.05) is 62.3 Å². The minimum absolute atomic E-state index is 0.157. The molecule has 180 valence electrons. The van der Waals surface area contributed by atoms with E-state index in [0.29, 0.717) is 5.78 Å². The first kappa shape index (κ1) is 36.3. The normalized spacial score (nSPS) is 10.6. The Morgan fingerprint density at radius 2 is 1.30 bits per heavy atom. The predicted octanol–water partition coefficient (Wildman–Crippen LogP) is 10.2. The number of benzene rings is 1. The van der Waals surface area contributed by atoms with Gasteiger partial charge in [-0.1, -0.05) is 144 Å². The van der Waals surface area contributed by atoms with Crippen molar-refractivity contribution in [2.24, 2.45) is 17.3 Å². The van der Waals surface area contributed by atoms with E-state index in [4.69, 9.17) is 0 Å². The van der Waals surface area contributed by atoms with Gasteiger partial charge in [-0.2, -0.15) is 0 Å². The lowest BCUT2D eigenvalue weighted by molar-refractivity contribution is -0.129. The van der Waals surface area contributed by atoms with Gasteiger partial charge >= 0.3 is 0 Å². The van der Waals surface area contributed by atoms with E-state index in [1.54, 1.807) is 0 Å². The van der Waals surface area contributed by atoms with Crippen LogP contribution >= 0.6 is 0 Å². The summed E-state index contributed by atoms with van der Waals surface area (Å²) in [5.74, 6) is 1.50. The number of carbonyl (C=O) groups excluding carboxylic acids is 1. The molecule has 0 spiro atoms. The third-order valence-corrected chi connectivity index (χ3v) is 4.36. The summed E-state index contributed by atoms with van der Waals surface area (Å²) < 4.78 is 0. The number of unbranched alkanes of at least 4 members (excludes halogenated alkanes) is 2. The quantitative estimate of drug-likeness (QED) is 0.416. The molecule has 1 atom stereocenters. The molecule has 0 amide bonds. The highest BCUT2D eigenvalue weighted by Gasteiger charge is 2.24. The molecule has 0 bridgehead atoms. The maximum absolute atomic E-state index is 11.4. The molecule has 0 saturated carbocycles. The lowest BCUT2D eigenvalue weighted by Gasteiger charge is -2.20. The van der Waals surface area contributed by atoms with E-state index in [1.165, 1.54) is 36.8 Å². The van der Waals surface area contributed by atoms with Gasteiger partial charge in [-0.25, -0.2) is 0 Å². The first-order valence-corrected chi connectivity index (χ1v) is 12.5. The molecular weight excluding hydrogens is 364 g/mol. The molecule has 1 rings (SSSR count). The van der Waals surface area contributed by atoms with Crippen molar-refractivity contribution in [2.75, 3.05) is 0 Å². The van der Waals surface area contributed by atoms with Crippen LogP contribution in [0.5, 0.6) is 0 Å². The molecule has 0 saturated heterocycles. The standard InChI is InChI=1S/C9H18O.C8H10.C8H18.2C2H6/c1-6-7(2)8(10)9(3,4)5;1-7-4-3-5-8(2)6-7;1-4-5-6-7-8(2)3;2*1-2/h7H,6H2,1-5H3;3-6H,1-2H3;8H,4-7H2,1-3H3;2*1-2H3. The Balaban J connectivity index is -0.000000156. The van der Waals surface area contributed by atoms with Gasteiger partial charge in [0.05, 0.1) is 0 Å². The van der Waals surface area contributed by atoms with Gasteiger partial charge < -0.3 is 0 Å². The van der Waals surface area contributed by atoms with Crippen LogP contribution in [0.3, 0.4) is 0 Å². The van der Waals surface area contributed by atoms with Gasteiger partial charge in [-0.3, -0.25) is 4.79 Å². The molecule has 1 unspecified atom stereocenters. The van der Waals surface area contributed by atoms with Gasteiger partial charge in [0.15, 0.2) is 0 Å². The van der Waals surface area contributed by atoms with E-state index in [-0.39, 0.29) is 11.3 Å². The molecule has 0 aliphatic carbocycles. The van der Waals surface area contributed by atoms with Crippen LogP contribution in [0.2, 0.25) is 0 Å². The average Bonchev–Trinajstić information content (AvgIpc) is 2.70. The lowest BCUT2D eigenvalue weighted by atomic mass is 9.83. The monoisotopic (exact) mass is 422 g/mol. The van der Waals surface area contributed by atoms with Crippen molar-refractivity contribution in [3.05, 3.63) is 35.4 Å². The van der Waals surface area contributed by atoms with Gasteiger partial charge in [0.2, 0.25) is 0 Å². The van der Waals surface area contributed by atoms with E-state index in [0.717, 1.165) is 12.3 Å². The Labute approximate surface area is 192 Å². The number of aryl methyl sites for hydroxylation is 2. The largest absolute Gasteiger partial charge is 0.299 e. The van der Waals surface area contributed by atoms with Crippen LogP contribution in [0.25, 0.3) is 0 Å². The number of rotatable bonds is 6. The topological polar surface area (TPSA) is 17.1 Å². The zero-order valence-corrected chi connectivity index (χ0v) is 23.4. The second-order valence-corrected chi connectivity index (χ2v) is 8.97. The Morgan fingerprint density at radius 1 is 0.867 bits per heavy atom.